The van der Waals surface area contributed by atoms with Gasteiger partial charge in [-0.3, -0.25) is 4.57 Å². The van der Waals surface area contributed by atoms with E-state index in [4.69, 9.17) is 40.5 Å². The number of anilines is 1. The first-order valence-electron chi connectivity index (χ1n) is 5.01. The molecule has 0 unspecified atom stereocenters. The van der Waals surface area contributed by atoms with Gasteiger partial charge in [0.05, 0.1) is 22.8 Å². The summed E-state index contributed by atoms with van der Waals surface area (Å²) in [6.45, 7) is 0. The van der Waals surface area contributed by atoms with Crippen LogP contribution in [0.4, 0.5) is 5.82 Å². The number of esters is 1. The van der Waals surface area contributed by atoms with E-state index < -0.39 is 5.97 Å². The fourth-order valence-electron chi connectivity index (χ4n) is 1.55. The van der Waals surface area contributed by atoms with Gasteiger partial charge >= 0.3 is 5.97 Å². The summed E-state index contributed by atoms with van der Waals surface area (Å²) in [6.07, 6.45) is 1.34. The van der Waals surface area contributed by atoms with E-state index >= 15 is 0 Å². The number of methoxy groups -OCH3 is 1. The summed E-state index contributed by atoms with van der Waals surface area (Å²) in [4.78, 5) is 15.3. The van der Waals surface area contributed by atoms with E-state index in [9.17, 15) is 4.79 Å². The maximum absolute atomic E-state index is 11.4. The van der Waals surface area contributed by atoms with Crippen molar-refractivity contribution >= 4 is 46.6 Å². The molecule has 0 aliphatic heterocycles. The Hall–Kier alpha value is -1.43. The average molecular weight is 321 g/mol. The maximum Gasteiger partial charge on any atom is 0.360 e. The number of halogens is 3. The van der Waals surface area contributed by atoms with Gasteiger partial charge in [0.2, 0.25) is 0 Å². The van der Waals surface area contributed by atoms with E-state index in [1.165, 1.54) is 30.1 Å². The largest absolute Gasteiger partial charge is 0.464 e. The molecule has 1 aromatic carbocycles. The molecule has 0 saturated carbocycles. The monoisotopic (exact) mass is 319 g/mol. The molecule has 0 aliphatic rings. The number of ether oxygens (including phenoxy) is 1. The van der Waals surface area contributed by atoms with E-state index in [1.54, 1.807) is 0 Å². The topological polar surface area (TPSA) is 70.1 Å². The van der Waals surface area contributed by atoms with Crippen molar-refractivity contribution in [2.75, 3.05) is 12.8 Å². The highest BCUT2D eigenvalue weighted by Crippen LogP contribution is 2.34. The zero-order chi connectivity index (χ0) is 14.2. The molecule has 0 radical (unpaired) electrons. The van der Waals surface area contributed by atoms with Crippen LogP contribution in [0.1, 0.15) is 10.5 Å². The van der Waals surface area contributed by atoms with Crippen LogP contribution in [-0.2, 0) is 4.74 Å². The summed E-state index contributed by atoms with van der Waals surface area (Å²) in [6, 6.07) is 3.03. The van der Waals surface area contributed by atoms with Crippen LogP contribution in [-0.4, -0.2) is 22.6 Å². The van der Waals surface area contributed by atoms with Crippen LogP contribution in [0.15, 0.2) is 18.5 Å². The minimum absolute atomic E-state index is 0.00965. The van der Waals surface area contributed by atoms with Crippen LogP contribution in [0.3, 0.4) is 0 Å². The molecule has 100 valence electrons. The van der Waals surface area contributed by atoms with E-state index in [0.29, 0.717) is 10.7 Å². The molecule has 0 saturated heterocycles. The van der Waals surface area contributed by atoms with Gasteiger partial charge in [-0.15, -0.1) is 0 Å². The number of nitrogen functional groups attached to an aromatic ring is 1. The fourth-order valence-corrected chi connectivity index (χ4v) is 2.55. The van der Waals surface area contributed by atoms with Crippen molar-refractivity contribution in [3.05, 3.63) is 39.2 Å². The highest BCUT2D eigenvalue weighted by Gasteiger charge is 2.20. The number of nitrogens with two attached hydrogens (primary N) is 1. The molecule has 0 spiro atoms. The van der Waals surface area contributed by atoms with Gasteiger partial charge < -0.3 is 10.5 Å². The summed E-state index contributed by atoms with van der Waals surface area (Å²) in [5.41, 5.74) is 6.22. The number of hydrogen-bond acceptors (Lipinski definition) is 4. The molecule has 1 heterocycles. The molecule has 5 nitrogen and oxygen atoms in total. The number of carbonyl (C=O) groups excluding carboxylic acids is 1. The van der Waals surface area contributed by atoms with Crippen molar-refractivity contribution in [2.45, 2.75) is 0 Å². The first-order valence-corrected chi connectivity index (χ1v) is 6.15. The van der Waals surface area contributed by atoms with Crippen LogP contribution in [0, 0.1) is 0 Å². The molecule has 19 heavy (non-hydrogen) atoms. The highest BCUT2D eigenvalue weighted by molar-refractivity contribution is 6.40. The Balaban J connectivity index is 2.61. The molecule has 2 N–H and O–H groups in total. The summed E-state index contributed by atoms with van der Waals surface area (Å²) in [5.74, 6) is -0.560. The number of carbonyl (C=O) groups is 1. The molecular weight excluding hydrogens is 312 g/mol. The number of nitrogens with zero attached hydrogens (tertiary/aromatic N) is 2. The van der Waals surface area contributed by atoms with Crippen molar-refractivity contribution in [2.24, 2.45) is 0 Å². The summed E-state index contributed by atoms with van der Waals surface area (Å²) < 4.78 is 5.96. The molecule has 0 atom stereocenters. The van der Waals surface area contributed by atoms with Crippen LogP contribution in [0.5, 0.6) is 0 Å². The van der Waals surface area contributed by atoms with Crippen LogP contribution in [0.2, 0.25) is 15.1 Å². The quantitative estimate of drug-likeness (QED) is 0.863. The molecule has 0 bridgehead atoms. The second-order valence-corrected chi connectivity index (χ2v) is 4.81. The minimum atomic E-state index is -0.641. The van der Waals surface area contributed by atoms with Crippen molar-refractivity contribution in [3.63, 3.8) is 0 Å². The lowest BCUT2D eigenvalue weighted by Gasteiger charge is -2.10. The third kappa shape index (κ3) is 2.49. The number of hydrogen-bond donors (Lipinski definition) is 1. The third-order valence-corrected chi connectivity index (χ3v) is 3.20. The lowest BCUT2D eigenvalue weighted by atomic mass is 10.3. The van der Waals surface area contributed by atoms with Crippen LogP contribution >= 0.6 is 34.8 Å². The number of aromatic nitrogens is 2. The highest BCUT2D eigenvalue weighted by atomic mass is 35.5. The second kappa shape index (κ2) is 5.28. The van der Waals surface area contributed by atoms with Crippen LogP contribution < -0.4 is 5.73 Å². The molecule has 0 amide bonds. The molecule has 2 aromatic rings. The van der Waals surface area contributed by atoms with E-state index in [2.05, 4.69) is 9.72 Å². The Morgan fingerprint density at radius 1 is 1.32 bits per heavy atom. The molecule has 0 fully saturated rings. The fraction of sp³-hybridized carbons (Fsp3) is 0.0909. The van der Waals surface area contributed by atoms with Gasteiger partial charge in [-0.1, -0.05) is 34.8 Å². The predicted octanol–water partition coefficient (Wildman–Crippen LogP) is 3.20. The Morgan fingerprint density at radius 2 is 1.89 bits per heavy atom. The van der Waals surface area contributed by atoms with Gasteiger partial charge in [-0.25, -0.2) is 9.78 Å². The lowest BCUT2D eigenvalue weighted by Crippen LogP contribution is -2.08. The van der Waals surface area contributed by atoms with Crippen LogP contribution in [0.25, 0.3) is 5.69 Å². The number of rotatable bonds is 2. The Labute approximate surface area is 123 Å². The standard InChI is InChI=1S/C11H8Cl3N3O2/c1-19-11(18)8-10(15)17(4-16-8)9-6(13)2-5(12)3-7(9)14/h2-4H,15H2,1H3. The van der Waals surface area contributed by atoms with E-state index in [1.807, 2.05) is 0 Å². The first-order chi connectivity index (χ1) is 8.95. The van der Waals surface area contributed by atoms with Crippen molar-refractivity contribution in [3.8, 4) is 5.69 Å². The van der Waals surface area contributed by atoms with Crippen molar-refractivity contribution in [1.29, 1.82) is 0 Å². The summed E-state index contributed by atoms with van der Waals surface area (Å²) >= 11 is 18.0. The van der Waals surface area contributed by atoms with Gasteiger partial charge in [0.25, 0.3) is 0 Å². The van der Waals surface area contributed by atoms with Crippen molar-refractivity contribution in [1.82, 2.24) is 9.55 Å². The molecule has 0 aliphatic carbocycles. The Morgan fingerprint density at radius 3 is 2.42 bits per heavy atom. The first kappa shape index (κ1) is 14.0. The molecule has 1 aromatic heterocycles. The Kier molecular flexibility index (Phi) is 3.89. The van der Waals surface area contributed by atoms with E-state index in [-0.39, 0.29) is 21.6 Å². The molecular formula is C11H8Cl3N3O2. The maximum atomic E-state index is 11.4. The molecule has 8 heteroatoms. The third-order valence-electron chi connectivity index (χ3n) is 2.41. The SMILES string of the molecule is COC(=O)c1ncn(-c2c(Cl)cc(Cl)cc2Cl)c1N. The lowest BCUT2D eigenvalue weighted by molar-refractivity contribution is 0.0596. The number of imidazole rings is 1. The van der Waals surface area contributed by atoms with Crippen molar-refractivity contribution < 1.29 is 9.53 Å². The predicted molar refractivity (Wildman–Crippen MR) is 74.3 cm³/mol. The van der Waals surface area contributed by atoms with E-state index in [0.717, 1.165) is 0 Å². The second-order valence-electron chi connectivity index (χ2n) is 3.56. The van der Waals surface area contributed by atoms with Gasteiger partial charge in [-0.05, 0) is 12.1 Å². The zero-order valence-electron chi connectivity index (χ0n) is 9.65. The van der Waals surface area contributed by atoms with Gasteiger partial charge in [0, 0.05) is 5.02 Å². The number of benzene rings is 1. The normalized spacial score (nSPS) is 10.5. The summed E-state index contributed by atoms with van der Waals surface area (Å²) in [5, 5.41) is 0.974. The van der Waals surface area contributed by atoms with Gasteiger partial charge in [-0.2, -0.15) is 0 Å². The zero-order valence-corrected chi connectivity index (χ0v) is 11.9. The molecule has 2 rings (SSSR count). The van der Waals surface area contributed by atoms with Gasteiger partial charge in [0.1, 0.15) is 12.1 Å². The smallest absolute Gasteiger partial charge is 0.360 e. The Bertz CT molecular complexity index is 632. The minimum Gasteiger partial charge on any atom is -0.464 e. The summed E-state index contributed by atoms with van der Waals surface area (Å²) in [7, 11) is 1.24. The van der Waals surface area contributed by atoms with Gasteiger partial charge in [0.15, 0.2) is 5.69 Å². The average Bonchev–Trinajstić information content (AvgIpc) is 2.69.